The molecule has 19 heavy (non-hydrogen) atoms. The number of halogens is 3. The molecule has 0 aromatic heterocycles. The summed E-state index contributed by atoms with van der Waals surface area (Å²) in [7, 11) is 1.87. The highest BCUT2D eigenvalue weighted by Crippen LogP contribution is 2.24. The maximum Gasteiger partial charge on any atom is 0.253 e. The molecule has 1 fully saturated rings. The molecule has 1 aliphatic heterocycles. The molecule has 1 heterocycles. The van der Waals surface area contributed by atoms with Crippen LogP contribution in [0.25, 0.3) is 0 Å². The predicted octanol–water partition coefficient (Wildman–Crippen LogP) is 3.35. The van der Waals surface area contributed by atoms with Gasteiger partial charge in [-0.25, -0.2) is 0 Å². The highest BCUT2D eigenvalue weighted by atomic mass is 79.9. The molecular weight excluding hydrogens is 351 g/mol. The zero-order valence-corrected chi connectivity index (χ0v) is 13.8. The van der Waals surface area contributed by atoms with Gasteiger partial charge in [0.2, 0.25) is 0 Å². The van der Waals surface area contributed by atoms with Gasteiger partial charge in [-0.2, -0.15) is 0 Å². The number of amides is 1. The lowest BCUT2D eigenvalue weighted by Crippen LogP contribution is -2.43. The van der Waals surface area contributed by atoms with Crippen LogP contribution in [0.4, 0.5) is 0 Å². The Balaban J connectivity index is 0.00000180. The molecule has 0 atom stereocenters. The van der Waals surface area contributed by atoms with Crippen molar-refractivity contribution in [1.29, 1.82) is 0 Å². The molecule has 0 bridgehead atoms. The number of nitrogens with zero attached hydrogens (tertiary/aromatic N) is 1. The van der Waals surface area contributed by atoms with E-state index in [1.165, 1.54) is 0 Å². The second kappa shape index (κ2) is 7.48. The van der Waals surface area contributed by atoms with Crippen LogP contribution in [0.1, 0.15) is 23.2 Å². The van der Waals surface area contributed by atoms with Crippen LogP contribution in [0.3, 0.4) is 0 Å². The lowest BCUT2D eigenvalue weighted by Gasteiger charge is -2.31. The molecule has 0 spiro atoms. The van der Waals surface area contributed by atoms with Crippen LogP contribution in [0.5, 0.6) is 0 Å². The van der Waals surface area contributed by atoms with Gasteiger partial charge in [-0.3, -0.25) is 4.79 Å². The fraction of sp³-hybridized carbons (Fsp3) is 0.462. The molecule has 106 valence electrons. The molecule has 1 N–H and O–H groups in total. The van der Waals surface area contributed by atoms with Gasteiger partial charge in [0.1, 0.15) is 0 Å². The molecule has 0 aliphatic carbocycles. The molecule has 1 aliphatic rings. The Hall–Kier alpha value is -0.290. The summed E-state index contributed by atoms with van der Waals surface area (Å²) < 4.78 is 0.810. The second-order valence-corrected chi connectivity index (χ2v) is 5.79. The summed E-state index contributed by atoms with van der Waals surface area (Å²) in [4.78, 5) is 14.2. The van der Waals surface area contributed by atoms with E-state index in [4.69, 9.17) is 11.6 Å². The third-order valence-corrected chi connectivity index (χ3v) is 4.58. The zero-order valence-electron chi connectivity index (χ0n) is 10.7. The van der Waals surface area contributed by atoms with Gasteiger partial charge in [-0.15, -0.1) is 12.4 Å². The Bertz CT molecular complexity index is 450. The van der Waals surface area contributed by atoms with E-state index in [0.29, 0.717) is 16.6 Å². The fourth-order valence-electron chi connectivity index (χ4n) is 2.19. The first-order valence-electron chi connectivity index (χ1n) is 6.02. The number of nitrogens with one attached hydrogen (secondary N) is 1. The summed E-state index contributed by atoms with van der Waals surface area (Å²) in [6.07, 6.45) is 2.01. The van der Waals surface area contributed by atoms with Gasteiger partial charge in [0.25, 0.3) is 5.91 Å². The summed E-state index contributed by atoms with van der Waals surface area (Å²) in [6, 6.07) is 5.65. The highest BCUT2D eigenvalue weighted by molar-refractivity contribution is 9.10. The van der Waals surface area contributed by atoms with E-state index >= 15 is 0 Å². The van der Waals surface area contributed by atoms with Crippen molar-refractivity contribution in [1.82, 2.24) is 10.2 Å². The number of carbonyl (C=O) groups is 1. The minimum absolute atomic E-state index is 0. The van der Waals surface area contributed by atoms with Gasteiger partial charge >= 0.3 is 0 Å². The first-order chi connectivity index (χ1) is 8.59. The summed E-state index contributed by atoms with van der Waals surface area (Å²) >= 11 is 9.35. The average Bonchev–Trinajstić information content (AvgIpc) is 2.41. The third kappa shape index (κ3) is 4.09. The number of carbonyl (C=O) groups excluding carboxylic acids is 1. The molecule has 1 amide bonds. The third-order valence-electron chi connectivity index (χ3n) is 3.34. The molecular formula is C13H17BrCl2N2O. The maximum absolute atomic E-state index is 12.3. The van der Waals surface area contributed by atoms with E-state index in [1.807, 2.05) is 18.0 Å². The van der Waals surface area contributed by atoms with Gasteiger partial charge in [0.15, 0.2) is 0 Å². The van der Waals surface area contributed by atoms with Crippen molar-refractivity contribution in [2.45, 2.75) is 18.9 Å². The van der Waals surface area contributed by atoms with Crippen molar-refractivity contribution >= 4 is 45.8 Å². The minimum Gasteiger partial charge on any atom is -0.339 e. The lowest BCUT2D eigenvalue weighted by atomic mass is 10.0. The van der Waals surface area contributed by atoms with Gasteiger partial charge < -0.3 is 10.2 Å². The Labute approximate surface area is 133 Å². The van der Waals surface area contributed by atoms with Crippen molar-refractivity contribution in [3.05, 3.63) is 33.3 Å². The Morgan fingerprint density at radius 1 is 1.42 bits per heavy atom. The molecule has 0 radical (unpaired) electrons. The van der Waals surface area contributed by atoms with E-state index in [1.54, 1.807) is 12.1 Å². The fourth-order valence-corrected chi connectivity index (χ4v) is 2.62. The Morgan fingerprint density at radius 2 is 2.05 bits per heavy atom. The van der Waals surface area contributed by atoms with Crippen LogP contribution in [0.15, 0.2) is 22.7 Å². The molecule has 0 unspecified atom stereocenters. The summed E-state index contributed by atoms with van der Waals surface area (Å²) in [5.41, 5.74) is 0.643. The maximum atomic E-state index is 12.3. The molecule has 1 aromatic rings. The summed E-state index contributed by atoms with van der Waals surface area (Å²) in [5.74, 6) is 0.0382. The number of hydrogen-bond donors (Lipinski definition) is 1. The zero-order chi connectivity index (χ0) is 13.1. The van der Waals surface area contributed by atoms with Crippen LogP contribution >= 0.6 is 39.9 Å². The van der Waals surface area contributed by atoms with Crippen LogP contribution in [-0.4, -0.2) is 37.0 Å². The first-order valence-corrected chi connectivity index (χ1v) is 7.19. The van der Waals surface area contributed by atoms with Crippen molar-refractivity contribution in [2.24, 2.45) is 0 Å². The SMILES string of the molecule is CN(C(=O)c1ccc(Br)c(Cl)c1)C1CCNCC1.Cl. The Kier molecular flexibility index (Phi) is 6.60. The van der Waals surface area contributed by atoms with Crippen LogP contribution in [-0.2, 0) is 0 Å². The number of piperidine rings is 1. The largest absolute Gasteiger partial charge is 0.339 e. The van der Waals surface area contributed by atoms with Gasteiger partial charge in [0.05, 0.1) is 5.02 Å². The molecule has 3 nitrogen and oxygen atoms in total. The first kappa shape index (κ1) is 16.8. The number of rotatable bonds is 2. The molecule has 2 rings (SSSR count). The van der Waals surface area contributed by atoms with Gasteiger partial charge in [-0.1, -0.05) is 11.6 Å². The van der Waals surface area contributed by atoms with E-state index in [-0.39, 0.29) is 18.3 Å². The van der Waals surface area contributed by atoms with Crippen molar-refractivity contribution in [3.63, 3.8) is 0 Å². The van der Waals surface area contributed by atoms with E-state index < -0.39 is 0 Å². The molecule has 6 heteroatoms. The normalized spacial score (nSPS) is 15.7. The van der Waals surface area contributed by atoms with E-state index in [9.17, 15) is 4.79 Å². The Morgan fingerprint density at radius 3 is 2.63 bits per heavy atom. The number of hydrogen-bond acceptors (Lipinski definition) is 2. The van der Waals surface area contributed by atoms with E-state index in [2.05, 4.69) is 21.2 Å². The van der Waals surface area contributed by atoms with Crippen molar-refractivity contribution in [2.75, 3.05) is 20.1 Å². The standard InChI is InChI=1S/C13H16BrClN2O.ClH/c1-17(10-4-6-16-7-5-10)13(18)9-2-3-11(14)12(15)8-9;/h2-3,8,10,16H,4-7H2,1H3;1H. The predicted molar refractivity (Wildman–Crippen MR) is 84.4 cm³/mol. The molecule has 0 saturated carbocycles. The molecule has 1 aromatic carbocycles. The quantitative estimate of drug-likeness (QED) is 0.869. The monoisotopic (exact) mass is 366 g/mol. The van der Waals surface area contributed by atoms with Crippen LogP contribution in [0, 0.1) is 0 Å². The second-order valence-electron chi connectivity index (χ2n) is 4.53. The average molecular weight is 368 g/mol. The van der Waals surface area contributed by atoms with Gasteiger partial charge in [0, 0.05) is 23.1 Å². The van der Waals surface area contributed by atoms with Gasteiger partial charge in [-0.05, 0) is 60.1 Å². The van der Waals surface area contributed by atoms with Crippen LogP contribution in [0.2, 0.25) is 5.02 Å². The van der Waals surface area contributed by atoms with E-state index in [0.717, 1.165) is 30.4 Å². The summed E-state index contributed by atoms with van der Waals surface area (Å²) in [6.45, 7) is 1.95. The van der Waals surface area contributed by atoms with Crippen LogP contribution < -0.4 is 5.32 Å². The highest BCUT2D eigenvalue weighted by Gasteiger charge is 2.23. The lowest BCUT2D eigenvalue weighted by molar-refractivity contribution is 0.0703. The topological polar surface area (TPSA) is 32.3 Å². The van der Waals surface area contributed by atoms with Crippen molar-refractivity contribution in [3.8, 4) is 0 Å². The van der Waals surface area contributed by atoms with Crippen molar-refractivity contribution < 1.29 is 4.79 Å². The summed E-state index contributed by atoms with van der Waals surface area (Å²) in [5, 5.41) is 3.87. The smallest absolute Gasteiger partial charge is 0.253 e. The minimum atomic E-state index is 0. The number of benzene rings is 1. The molecule has 1 saturated heterocycles.